The second-order valence-electron chi connectivity index (χ2n) is 12.2. The van der Waals surface area contributed by atoms with Gasteiger partial charge in [0.15, 0.2) is 5.65 Å². The molecule has 0 bridgehead atoms. The number of alkyl halides is 2. The molecule has 234 valence electrons. The van der Waals surface area contributed by atoms with E-state index in [0.717, 1.165) is 51.1 Å². The third kappa shape index (κ3) is 7.57. The zero-order valence-electron chi connectivity index (χ0n) is 25.3. The van der Waals surface area contributed by atoms with Crippen molar-refractivity contribution in [1.29, 1.82) is 0 Å². The molecular formula is C31H43F2N7O3. The first-order chi connectivity index (χ1) is 20.6. The molecule has 3 aromatic rings. The molecule has 1 aliphatic carbocycles. The van der Waals surface area contributed by atoms with E-state index in [-0.39, 0.29) is 30.6 Å². The lowest BCUT2D eigenvalue weighted by Crippen LogP contribution is -2.38. The van der Waals surface area contributed by atoms with E-state index < -0.39 is 12.0 Å². The molecule has 2 N–H and O–H groups in total. The molecule has 0 spiro atoms. The number of aryl methyl sites for hydroxylation is 2. The number of ether oxygens (including phenoxy) is 1. The molecule has 5 heterocycles. The van der Waals surface area contributed by atoms with Gasteiger partial charge >= 0.3 is 0 Å². The summed E-state index contributed by atoms with van der Waals surface area (Å²) >= 11 is 0. The van der Waals surface area contributed by atoms with Crippen LogP contribution in [0.15, 0.2) is 24.5 Å². The van der Waals surface area contributed by atoms with E-state index in [0.29, 0.717) is 48.3 Å². The Morgan fingerprint density at radius 2 is 1.95 bits per heavy atom. The van der Waals surface area contributed by atoms with Crippen LogP contribution in [0.3, 0.4) is 0 Å². The van der Waals surface area contributed by atoms with Crippen molar-refractivity contribution in [3.8, 4) is 0 Å². The number of aromatic nitrogens is 5. The van der Waals surface area contributed by atoms with Crippen LogP contribution in [0.4, 0.5) is 8.78 Å². The molecule has 2 atom stereocenters. The second-order valence-corrected chi connectivity index (χ2v) is 12.2. The van der Waals surface area contributed by atoms with Gasteiger partial charge in [0.25, 0.3) is 5.91 Å². The number of rotatable bonds is 6. The van der Waals surface area contributed by atoms with Crippen LogP contribution in [0.25, 0.3) is 5.65 Å². The Kier molecular flexibility index (Phi) is 9.73. The van der Waals surface area contributed by atoms with E-state index in [4.69, 9.17) is 14.8 Å². The number of hydrogen-bond donors (Lipinski definition) is 2. The molecular weight excluding hydrogens is 556 g/mol. The summed E-state index contributed by atoms with van der Waals surface area (Å²) in [5, 5.41) is 14.8. The topological polar surface area (TPSA) is 115 Å². The molecule has 0 radical (unpaired) electrons. The van der Waals surface area contributed by atoms with Gasteiger partial charge in [0.1, 0.15) is 5.69 Å². The zero-order valence-corrected chi connectivity index (χ0v) is 25.3. The molecule has 12 heteroatoms. The molecule has 0 aromatic carbocycles. The van der Waals surface area contributed by atoms with Gasteiger partial charge in [0.2, 0.25) is 11.8 Å². The number of halogens is 2. The third-order valence-corrected chi connectivity index (χ3v) is 8.95. The number of nitrogens with zero attached hydrogens (tertiary/aromatic N) is 5. The van der Waals surface area contributed by atoms with Gasteiger partial charge in [-0.05, 0) is 81.4 Å². The summed E-state index contributed by atoms with van der Waals surface area (Å²) in [6.07, 6.45) is 7.36. The summed E-state index contributed by atoms with van der Waals surface area (Å²) in [6, 6.07) is 3.24. The summed E-state index contributed by atoms with van der Waals surface area (Å²) in [5.41, 5.74) is 3.90. The highest BCUT2D eigenvalue weighted by atomic mass is 19.3. The maximum Gasteiger partial charge on any atom is 0.270 e. The highest BCUT2D eigenvalue weighted by Crippen LogP contribution is 2.41. The average Bonchev–Trinajstić information content (AvgIpc) is 3.65. The van der Waals surface area contributed by atoms with Crippen molar-refractivity contribution in [3.05, 3.63) is 47.2 Å². The Balaban J connectivity index is 0.000000400. The monoisotopic (exact) mass is 599 g/mol. The number of piperidine rings is 1. The average molecular weight is 600 g/mol. The summed E-state index contributed by atoms with van der Waals surface area (Å²) in [5.74, 6) is -1.79. The Bertz CT molecular complexity index is 1400. The van der Waals surface area contributed by atoms with Crippen LogP contribution in [-0.4, -0.2) is 61.9 Å². The van der Waals surface area contributed by atoms with Gasteiger partial charge in [-0.3, -0.25) is 14.3 Å². The summed E-state index contributed by atoms with van der Waals surface area (Å²) in [4.78, 5) is 28.5. The van der Waals surface area contributed by atoms with Gasteiger partial charge in [-0.2, -0.15) is 10.2 Å². The Morgan fingerprint density at radius 3 is 2.60 bits per heavy atom. The molecule has 2 aliphatic heterocycles. The number of carbonyl (C=O) groups is 2. The quantitative estimate of drug-likeness (QED) is 0.413. The molecule has 43 heavy (non-hydrogen) atoms. The standard InChI is InChI=1S/C25H32F2N6O2.C6H11NO/c1-3-32-21(6-11-28-32)24(34)30-23(18-4-9-25(26,27)10-5-18)20-15-33-22(29-20)14-19(16(2)31-33)17-7-12-35-13-8-17;1-5-2-3-6(8)7-4-5/h6,11,14-15,17-18,23H,3-5,7-10,12-13H2,1-2H3,(H,30,34);5H,2-4H2,1H3,(H,7,8). The van der Waals surface area contributed by atoms with Gasteiger partial charge < -0.3 is 15.4 Å². The molecule has 10 nitrogen and oxygen atoms in total. The van der Waals surface area contributed by atoms with Crippen molar-refractivity contribution in [2.75, 3.05) is 19.8 Å². The number of carbonyl (C=O) groups excluding carboxylic acids is 2. The summed E-state index contributed by atoms with van der Waals surface area (Å²) < 4.78 is 36.7. The first-order valence-corrected chi connectivity index (χ1v) is 15.5. The van der Waals surface area contributed by atoms with Crippen LogP contribution in [0, 0.1) is 18.8 Å². The molecule has 3 fully saturated rings. The molecule has 3 aliphatic rings. The lowest BCUT2D eigenvalue weighted by molar-refractivity contribution is -0.122. The van der Waals surface area contributed by atoms with Crippen LogP contribution in [-0.2, 0) is 16.1 Å². The summed E-state index contributed by atoms with van der Waals surface area (Å²) in [6.45, 7) is 8.98. The minimum atomic E-state index is -2.65. The Labute approximate surface area is 251 Å². The Hall–Kier alpha value is -3.41. The molecule has 2 saturated heterocycles. The van der Waals surface area contributed by atoms with Gasteiger partial charge in [-0.1, -0.05) is 6.92 Å². The van der Waals surface area contributed by atoms with Crippen LogP contribution in [0.2, 0.25) is 0 Å². The number of imidazole rings is 1. The molecule has 1 saturated carbocycles. The van der Waals surface area contributed by atoms with E-state index in [1.165, 1.54) is 5.56 Å². The highest BCUT2D eigenvalue weighted by molar-refractivity contribution is 5.92. The van der Waals surface area contributed by atoms with E-state index in [2.05, 4.69) is 28.7 Å². The van der Waals surface area contributed by atoms with Crippen LogP contribution < -0.4 is 10.6 Å². The second kappa shape index (κ2) is 13.5. The fraction of sp³-hybridized carbons (Fsp3) is 0.645. The van der Waals surface area contributed by atoms with Crippen molar-refractivity contribution in [2.45, 2.75) is 96.6 Å². The Morgan fingerprint density at radius 1 is 1.21 bits per heavy atom. The number of fused-ring (bicyclic) bond motifs is 1. The third-order valence-electron chi connectivity index (χ3n) is 8.95. The first kappa shape index (κ1) is 31.0. The van der Waals surface area contributed by atoms with Crippen LogP contribution >= 0.6 is 0 Å². The lowest BCUT2D eigenvalue weighted by Gasteiger charge is -2.33. The van der Waals surface area contributed by atoms with Crippen molar-refractivity contribution < 1.29 is 23.1 Å². The minimum absolute atomic E-state index is 0.141. The molecule has 2 unspecified atom stereocenters. The predicted octanol–water partition coefficient (Wildman–Crippen LogP) is 4.98. The van der Waals surface area contributed by atoms with Crippen LogP contribution in [0.5, 0.6) is 0 Å². The zero-order chi connectivity index (χ0) is 30.6. The van der Waals surface area contributed by atoms with Crippen molar-refractivity contribution in [2.24, 2.45) is 11.8 Å². The number of amides is 2. The van der Waals surface area contributed by atoms with E-state index in [1.807, 2.05) is 20.0 Å². The van der Waals surface area contributed by atoms with Gasteiger partial charge in [-0.15, -0.1) is 0 Å². The van der Waals surface area contributed by atoms with Crippen molar-refractivity contribution in [1.82, 2.24) is 35.0 Å². The van der Waals surface area contributed by atoms with Crippen molar-refractivity contribution in [3.63, 3.8) is 0 Å². The van der Waals surface area contributed by atoms with E-state index in [1.54, 1.807) is 21.5 Å². The lowest BCUT2D eigenvalue weighted by atomic mass is 9.81. The predicted molar refractivity (Wildman–Crippen MR) is 157 cm³/mol. The van der Waals surface area contributed by atoms with E-state index >= 15 is 0 Å². The normalized spacial score (nSPS) is 22.0. The molecule has 2 amide bonds. The maximum absolute atomic E-state index is 13.9. The largest absolute Gasteiger partial charge is 0.381 e. The molecule has 6 rings (SSSR count). The first-order valence-electron chi connectivity index (χ1n) is 15.5. The fourth-order valence-corrected chi connectivity index (χ4v) is 6.29. The van der Waals surface area contributed by atoms with Crippen molar-refractivity contribution >= 4 is 17.5 Å². The maximum atomic E-state index is 13.9. The summed E-state index contributed by atoms with van der Waals surface area (Å²) in [7, 11) is 0. The van der Waals surface area contributed by atoms with Gasteiger partial charge in [-0.25, -0.2) is 18.3 Å². The van der Waals surface area contributed by atoms with E-state index in [9.17, 15) is 18.4 Å². The highest BCUT2D eigenvalue weighted by Gasteiger charge is 2.39. The minimum Gasteiger partial charge on any atom is -0.381 e. The fourth-order valence-electron chi connectivity index (χ4n) is 6.29. The number of nitrogens with one attached hydrogen (secondary N) is 2. The van der Waals surface area contributed by atoms with Gasteiger partial charge in [0.05, 0.1) is 23.6 Å². The smallest absolute Gasteiger partial charge is 0.270 e. The SMILES string of the molecule is CC1CCC(=O)NC1.CCn1nccc1C(=O)NC(c1cn2nc(C)c(C3CCOCC3)cc2n1)C1CCC(F)(F)CC1. The van der Waals surface area contributed by atoms with Gasteiger partial charge in [0, 0.05) is 51.8 Å². The molecule has 3 aromatic heterocycles. The van der Waals surface area contributed by atoms with Crippen LogP contribution in [0.1, 0.15) is 105 Å². The number of hydrogen-bond acceptors (Lipinski definition) is 6.